The predicted molar refractivity (Wildman–Crippen MR) is 149 cm³/mol. The second kappa shape index (κ2) is 13.5. The molecule has 0 radical (unpaired) electrons. The van der Waals surface area contributed by atoms with Crippen LogP contribution in [0, 0.1) is 0 Å². The van der Waals surface area contributed by atoms with E-state index in [9.17, 15) is 9.59 Å². The van der Waals surface area contributed by atoms with Crippen molar-refractivity contribution >= 4 is 41.3 Å². The van der Waals surface area contributed by atoms with E-state index in [1.54, 1.807) is 23.9 Å². The molecule has 37 heavy (non-hydrogen) atoms. The molecule has 2 unspecified atom stereocenters. The van der Waals surface area contributed by atoms with Gasteiger partial charge in [-0.05, 0) is 68.2 Å². The lowest BCUT2D eigenvalue weighted by Crippen LogP contribution is -2.50. The van der Waals surface area contributed by atoms with Crippen molar-refractivity contribution in [3.05, 3.63) is 75.1 Å². The van der Waals surface area contributed by atoms with Crippen LogP contribution < -0.4 is 5.32 Å². The van der Waals surface area contributed by atoms with Crippen LogP contribution >= 0.6 is 23.4 Å². The molecule has 1 aliphatic carbocycles. The van der Waals surface area contributed by atoms with Gasteiger partial charge < -0.3 is 19.7 Å². The first-order chi connectivity index (χ1) is 18.0. The Morgan fingerprint density at radius 3 is 2.57 bits per heavy atom. The van der Waals surface area contributed by atoms with E-state index in [4.69, 9.17) is 21.1 Å². The van der Waals surface area contributed by atoms with Gasteiger partial charge in [0.05, 0.1) is 11.4 Å². The van der Waals surface area contributed by atoms with Gasteiger partial charge in [-0.25, -0.2) is 0 Å². The molecule has 1 saturated carbocycles. The van der Waals surface area contributed by atoms with Crippen molar-refractivity contribution in [1.29, 1.82) is 0 Å². The van der Waals surface area contributed by atoms with Crippen molar-refractivity contribution < 1.29 is 19.1 Å². The molecule has 1 heterocycles. The van der Waals surface area contributed by atoms with Gasteiger partial charge in [-0.15, -0.1) is 11.8 Å². The van der Waals surface area contributed by atoms with E-state index in [2.05, 4.69) is 5.32 Å². The molecule has 2 atom stereocenters. The molecule has 0 spiro atoms. The monoisotopic (exact) mass is 542 g/mol. The minimum atomic E-state index is -0.462. The Balaban J connectivity index is 1.46. The lowest BCUT2D eigenvalue weighted by molar-refractivity contribution is -0.131. The lowest BCUT2D eigenvalue weighted by atomic mass is 9.92. The molecule has 1 N–H and O–H groups in total. The molecule has 0 aromatic heterocycles. The number of halogens is 1. The van der Waals surface area contributed by atoms with Gasteiger partial charge in [0.2, 0.25) is 0 Å². The molecule has 4 rings (SSSR count). The number of fused-ring (bicyclic) bond motifs is 1. The Kier molecular flexibility index (Phi) is 10.1. The van der Waals surface area contributed by atoms with Gasteiger partial charge in [0, 0.05) is 41.6 Å². The summed E-state index contributed by atoms with van der Waals surface area (Å²) in [6.45, 7) is 5.64. The minimum Gasteiger partial charge on any atom is -0.351 e. The van der Waals surface area contributed by atoms with Gasteiger partial charge in [-0.2, -0.15) is 0 Å². The normalized spacial score (nSPS) is 20.8. The molecule has 2 fully saturated rings. The van der Waals surface area contributed by atoms with Gasteiger partial charge in [-0.3, -0.25) is 9.59 Å². The van der Waals surface area contributed by atoms with Crippen LogP contribution in [0.4, 0.5) is 0 Å². The molecule has 6 nitrogen and oxygen atoms in total. The Bertz CT molecular complexity index is 1100. The molecule has 0 bridgehead atoms. The van der Waals surface area contributed by atoms with Crippen LogP contribution in [0.15, 0.2) is 53.4 Å². The van der Waals surface area contributed by atoms with Gasteiger partial charge in [0.25, 0.3) is 11.8 Å². The molecular weight excluding hydrogens is 508 g/mol. The molecule has 2 aromatic carbocycles. The third-order valence-corrected chi connectivity index (χ3v) is 8.30. The maximum absolute atomic E-state index is 13.6. The smallest absolute Gasteiger partial charge is 0.260 e. The van der Waals surface area contributed by atoms with Crippen LogP contribution in [-0.4, -0.2) is 54.1 Å². The van der Waals surface area contributed by atoms with Gasteiger partial charge in [-0.1, -0.05) is 48.7 Å². The first-order valence-electron chi connectivity index (χ1n) is 13.0. The molecule has 1 aliphatic heterocycles. The Morgan fingerprint density at radius 1 is 1.14 bits per heavy atom. The van der Waals surface area contributed by atoms with Crippen molar-refractivity contribution in [3.63, 3.8) is 0 Å². The van der Waals surface area contributed by atoms with E-state index < -0.39 is 6.29 Å². The average molecular weight is 543 g/mol. The summed E-state index contributed by atoms with van der Waals surface area (Å²) in [4.78, 5) is 29.0. The second-order valence-corrected chi connectivity index (χ2v) is 11.0. The lowest BCUT2D eigenvalue weighted by Gasteiger charge is -2.44. The zero-order valence-electron chi connectivity index (χ0n) is 21.5. The summed E-state index contributed by atoms with van der Waals surface area (Å²) in [5, 5.41) is 3.94. The summed E-state index contributed by atoms with van der Waals surface area (Å²) < 4.78 is 11.0. The summed E-state index contributed by atoms with van der Waals surface area (Å²) >= 11 is 7.91. The number of carbonyl (C=O) groups excluding carboxylic acids is 2. The maximum atomic E-state index is 13.6. The van der Waals surface area contributed by atoms with Crippen LogP contribution in [0.1, 0.15) is 61.0 Å². The third-order valence-electron chi connectivity index (χ3n) is 6.66. The van der Waals surface area contributed by atoms with Crippen LogP contribution in [0.25, 0.3) is 6.08 Å². The Morgan fingerprint density at radius 2 is 1.86 bits per heavy atom. The Hall–Kier alpha value is -2.32. The average Bonchev–Trinajstić information content (AvgIpc) is 2.90. The van der Waals surface area contributed by atoms with E-state index in [0.29, 0.717) is 35.6 Å². The van der Waals surface area contributed by atoms with Crippen LogP contribution in [0.5, 0.6) is 0 Å². The fraction of sp³-hybridized carbons (Fsp3) is 0.448. The highest BCUT2D eigenvalue weighted by Crippen LogP contribution is 2.42. The molecule has 198 valence electrons. The van der Waals surface area contributed by atoms with E-state index in [-0.39, 0.29) is 24.4 Å². The number of carbonyl (C=O) groups is 2. The van der Waals surface area contributed by atoms with Crippen molar-refractivity contribution in [2.75, 3.05) is 19.8 Å². The van der Waals surface area contributed by atoms with Gasteiger partial charge in [0.15, 0.2) is 6.29 Å². The standard InChI is InChI=1S/C29H35ClN2O4S/c1-3-35-27(36-4-2)18-31-28(33)22-14-12-20(13-15-22)17-26-29(34)32(19-21-8-7-9-23(30)16-21)24-10-5-6-11-25(24)37-26/h7-9,12-17,24-25,27H,3-6,10-11,18-19H2,1-2H3,(H,31,33)/b26-17+. The van der Waals surface area contributed by atoms with Crippen LogP contribution in [0.2, 0.25) is 5.02 Å². The molecule has 2 aliphatic rings. The number of hydrogen-bond donors (Lipinski definition) is 1. The number of nitrogens with zero attached hydrogens (tertiary/aromatic N) is 1. The summed E-state index contributed by atoms with van der Waals surface area (Å²) in [5.74, 6) is -0.127. The first-order valence-corrected chi connectivity index (χ1v) is 14.3. The van der Waals surface area contributed by atoms with Crippen LogP contribution in [-0.2, 0) is 20.8 Å². The number of ether oxygens (including phenoxy) is 2. The number of thioether (sulfide) groups is 1. The Labute approximate surface area is 228 Å². The summed E-state index contributed by atoms with van der Waals surface area (Å²) in [6.07, 6.45) is 5.97. The number of hydrogen-bond acceptors (Lipinski definition) is 5. The first kappa shape index (κ1) is 27.7. The third kappa shape index (κ3) is 7.38. The van der Waals surface area contributed by atoms with Crippen LogP contribution in [0.3, 0.4) is 0 Å². The van der Waals surface area contributed by atoms with Crippen molar-refractivity contribution in [2.24, 2.45) is 0 Å². The van der Waals surface area contributed by atoms with Crippen molar-refractivity contribution in [3.8, 4) is 0 Å². The fourth-order valence-electron chi connectivity index (χ4n) is 4.89. The van der Waals surface area contributed by atoms with Gasteiger partial charge in [0.1, 0.15) is 0 Å². The zero-order valence-corrected chi connectivity index (χ0v) is 23.0. The maximum Gasteiger partial charge on any atom is 0.260 e. The highest BCUT2D eigenvalue weighted by molar-refractivity contribution is 8.04. The largest absolute Gasteiger partial charge is 0.351 e. The number of benzene rings is 2. The topological polar surface area (TPSA) is 67.9 Å². The molecule has 1 saturated heterocycles. The highest BCUT2D eigenvalue weighted by Gasteiger charge is 2.40. The highest BCUT2D eigenvalue weighted by atomic mass is 35.5. The number of rotatable bonds is 10. The van der Waals surface area contributed by atoms with Crippen molar-refractivity contribution in [1.82, 2.24) is 10.2 Å². The zero-order chi connectivity index (χ0) is 26.2. The summed E-state index contributed by atoms with van der Waals surface area (Å²) in [6, 6.07) is 15.3. The second-order valence-electron chi connectivity index (χ2n) is 9.25. The predicted octanol–water partition coefficient (Wildman–Crippen LogP) is 5.90. The number of nitrogens with one attached hydrogen (secondary N) is 1. The molecule has 2 aromatic rings. The molecule has 8 heteroatoms. The van der Waals surface area contributed by atoms with E-state index in [1.807, 2.05) is 61.2 Å². The molecular formula is C29H35ClN2O4S. The quantitative estimate of drug-likeness (QED) is 0.299. The van der Waals surface area contributed by atoms with E-state index >= 15 is 0 Å². The van der Waals surface area contributed by atoms with E-state index in [0.717, 1.165) is 35.3 Å². The molecule has 2 amide bonds. The fourth-order valence-corrected chi connectivity index (χ4v) is 6.58. The number of amides is 2. The SMILES string of the molecule is CCOC(CNC(=O)c1ccc(/C=C2/SC3CCCCC3N(Cc3cccc(Cl)c3)C2=O)cc1)OCC. The van der Waals surface area contributed by atoms with Gasteiger partial charge >= 0.3 is 0 Å². The minimum absolute atomic E-state index is 0.0628. The summed E-state index contributed by atoms with van der Waals surface area (Å²) in [7, 11) is 0. The summed E-state index contributed by atoms with van der Waals surface area (Å²) in [5.41, 5.74) is 2.49. The van der Waals surface area contributed by atoms with Crippen molar-refractivity contribution in [2.45, 2.75) is 63.7 Å². The van der Waals surface area contributed by atoms with E-state index in [1.165, 1.54) is 6.42 Å².